The molecule has 0 aliphatic heterocycles. The molecule has 0 saturated heterocycles. The highest BCUT2D eigenvalue weighted by molar-refractivity contribution is 7.16. The van der Waals surface area contributed by atoms with Crippen molar-refractivity contribution < 1.29 is 0 Å². The number of hydrogen-bond acceptors (Lipinski definition) is 5. The maximum Gasteiger partial charge on any atom is 0.142 e. The van der Waals surface area contributed by atoms with E-state index in [0.717, 1.165) is 32.8 Å². The molecule has 0 radical (unpaired) electrons. The molecule has 0 amide bonds. The summed E-state index contributed by atoms with van der Waals surface area (Å²) in [6, 6.07) is 19.6. The van der Waals surface area contributed by atoms with Gasteiger partial charge in [-0.15, -0.1) is 11.3 Å². The lowest BCUT2D eigenvalue weighted by molar-refractivity contribution is 1.04. The molecule has 1 N–H and O–H groups in total. The smallest absolute Gasteiger partial charge is 0.142 e. The van der Waals surface area contributed by atoms with E-state index in [-0.39, 0.29) is 0 Å². The monoisotopic (exact) mass is 376 g/mol. The van der Waals surface area contributed by atoms with Crippen LogP contribution in [0.2, 0.25) is 5.02 Å². The number of anilines is 2. The van der Waals surface area contributed by atoms with Gasteiger partial charge in [-0.25, -0.2) is 9.97 Å². The lowest BCUT2D eigenvalue weighted by Crippen LogP contribution is -2.00. The van der Waals surface area contributed by atoms with Crippen LogP contribution in [0.1, 0.15) is 17.0 Å². The molecule has 0 bridgehead atoms. The first-order valence-corrected chi connectivity index (χ1v) is 9.21. The number of rotatable bonds is 4. The lowest BCUT2D eigenvalue weighted by atomic mass is 9.92. The van der Waals surface area contributed by atoms with E-state index < -0.39 is 5.92 Å². The molecule has 2 aromatic heterocycles. The lowest BCUT2D eigenvalue weighted by Gasteiger charge is -2.14. The number of hydrogen-bond donors (Lipinski definition) is 1. The highest BCUT2D eigenvalue weighted by atomic mass is 35.5. The number of nitriles is 1. The van der Waals surface area contributed by atoms with Crippen molar-refractivity contribution >= 4 is 44.7 Å². The summed E-state index contributed by atoms with van der Waals surface area (Å²) in [7, 11) is 0. The number of thiophene rings is 1. The number of nitrogens with one attached hydrogen (secondary N) is 1. The average molecular weight is 377 g/mol. The van der Waals surface area contributed by atoms with Crippen LogP contribution in [0.25, 0.3) is 10.2 Å². The van der Waals surface area contributed by atoms with Crippen molar-refractivity contribution in [2.24, 2.45) is 0 Å². The molecule has 0 saturated carbocycles. The summed E-state index contributed by atoms with van der Waals surface area (Å²) in [5.74, 6) is 0.334. The summed E-state index contributed by atoms with van der Waals surface area (Å²) in [5.41, 5.74) is 2.53. The molecular weight excluding hydrogens is 364 g/mol. The Balaban J connectivity index is 1.66. The van der Waals surface area contributed by atoms with Crippen molar-refractivity contribution in [1.82, 2.24) is 9.97 Å². The molecule has 0 unspecified atom stereocenters. The number of nitrogens with zero attached hydrogens (tertiary/aromatic N) is 3. The third-order valence-electron chi connectivity index (χ3n) is 4.10. The fraction of sp³-hybridized carbons (Fsp3) is 0.0500. The van der Waals surface area contributed by atoms with Gasteiger partial charge in [-0.3, -0.25) is 0 Å². The first-order valence-electron chi connectivity index (χ1n) is 7.95. The zero-order chi connectivity index (χ0) is 17.9. The van der Waals surface area contributed by atoms with Crippen LogP contribution in [0.4, 0.5) is 11.5 Å². The van der Waals surface area contributed by atoms with Crippen LogP contribution in [0.5, 0.6) is 0 Å². The standard InChI is InChI=1S/C20H13ClN4S/c21-18-10-14(25-19-16-8-9-26-20(16)24-12-23-19)6-7-15(18)17(11-22)13-4-2-1-3-5-13/h1-10,12,17H,(H,23,24,25)/t17-/m0/s1. The third kappa shape index (κ3) is 3.13. The first-order chi connectivity index (χ1) is 12.8. The molecule has 0 spiro atoms. The fourth-order valence-corrected chi connectivity index (χ4v) is 3.86. The SMILES string of the molecule is N#C[C@@H](c1ccccc1)c1ccc(Nc2ncnc3sccc23)cc1Cl. The summed E-state index contributed by atoms with van der Waals surface area (Å²) >= 11 is 8.06. The van der Waals surface area contributed by atoms with Gasteiger partial charge in [-0.2, -0.15) is 5.26 Å². The molecule has 2 heterocycles. The predicted molar refractivity (Wildman–Crippen MR) is 106 cm³/mol. The normalized spacial score (nSPS) is 11.8. The molecule has 4 aromatic rings. The van der Waals surface area contributed by atoms with E-state index >= 15 is 0 Å². The Kier molecular flexibility index (Phi) is 4.53. The Morgan fingerprint density at radius 2 is 1.92 bits per heavy atom. The fourth-order valence-electron chi connectivity index (χ4n) is 2.83. The van der Waals surface area contributed by atoms with Crippen LogP contribution in [0.15, 0.2) is 66.3 Å². The van der Waals surface area contributed by atoms with Crippen molar-refractivity contribution in [3.05, 3.63) is 82.5 Å². The van der Waals surface area contributed by atoms with E-state index in [0.29, 0.717) is 5.02 Å². The molecule has 4 rings (SSSR count). The average Bonchev–Trinajstić information content (AvgIpc) is 3.15. The topological polar surface area (TPSA) is 61.6 Å². The number of benzene rings is 2. The molecule has 26 heavy (non-hydrogen) atoms. The van der Waals surface area contributed by atoms with Gasteiger partial charge >= 0.3 is 0 Å². The van der Waals surface area contributed by atoms with Gasteiger partial charge < -0.3 is 5.32 Å². The van der Waals surface area contributed by atoms with Crippen molar-refractivity contribution in [2.45, 2.75) is 5.92 Å². The summed E-state index contributed by atoms with van der Waals surface area (Å²) < 4.78 is 0. The Hall–Kier alpha value is -2.94. The van der Waals surface area contributed by atoms with Crippen LogP contribution in [-0.4, -0.2) is 9.97 Å². The Labute approximate surface area is 159 Å². The minimum absolute atomic E-state index is 0.402. The molecule has 126 valence electrons. The van der Waals surface area contributed by atoms with Crippen LogP contribution >= 0.6 is 22.9 Å². The molecule has 2 aromatic carbocycles. The first kappa shape index (κ1) is 16.5. The van der Waals surface area contributed by atoms with Gasteiger partial charge in [-0.1, -0.05) is 48.0 Å². The largest absolute Gasteiger partial charge is 0.340 e. The maximum atomic E-state index is 9.62. The van der Waals surface area contributed by atoms with Crippen molar-refractivity contribution in [3.8, 4) is 6.07 Å². The minimum Gasteiger partial charge on any atom is -0.340 e. The van der Waals surface area contributed by atoms with Crippen LogP contribution < -0.4 is 5.32 Å². The molecule has 1 atom stereocenters. The van der Waals surface area contributed by atoms with E-state index in [9.17, 15) is 5.26 Å². The zero-order valence-electron chi connectivity index (χ0n) is 13.6. The van der Waals surface area contributed by atoms with Crippen LogP contribution in [-0.2, 0) is 0 Å². The molecule has 0 fully saturated rings. The molecule has 6 heteroatoms. The molecule has 0 aliphatic rings. The second-order valence-electron chi connectivity index (χ2n) is 5.70. The quantitative estimate of drug-likeness (QED) is 0.493. The summed E-state index contributed by atoms with van der Waals surface area (Å²) in [5, 5.41) is 16.4. The minimum atomic E-state index is -0.402. The highest BCUT2D eigenvalue weighted by Gasteiger charge is 2.17. The van der Waals surface area contributed by atoms with E-state index in [1.165, 1.54) is 6.33 Å². The van der Waals surface area contributed by atoms with Gasteiger partial charge in [0.2, 0.25) is 0 Å². The second-order valence-corrected chi connectivity index (χ2v) is 7.00. The third-order valence-corrected chi connectivity index (χ3v) is 5.25. The molecule has 0 aliphatic carbocycles. The Morgan fingerprint density at radius 1 is 1.08 bits per heavy atom. The van der Waals surface area contributed by atoms with Crippen LogP contribution in [0.3, 0.4) is 0 Å². The van der Waals surface area contributed by atoms with Gasteiger partial charge in [0.15, 0.2) is 0 Å². The Morgan fingerprint density at radius 3 is 2.69 bits per heavy atom. The van der Waals surface area contributed by atoms with Gasteiger partial charge in [0.1, 0.15) is 17.0 Å². The second kappa shape index (κ2) is 7.12. The number of fused-ring (bicyclic) bond motifs is 1. The number of halogens is 1. The van der Waals surface area contributed by atoms with E-state index in [2.05, 4.69) is 21.4 Å². The van der Waals surface area contributed by atoms with Crippen LogP contribution in [0, 0.1) is 11.3 Å². The van der Waals surface area contributed by atoms with E-state index in [1.807, 2.05) is 60.0 Å². The predicted octanol–water partition coefficient (Wildman–Crippen LogP) is 5.74. The van der Waals surface area contributed by atoms with Gasteiger partial charge in [0.05, 0.1) is 17.4 Å². The van der Waals surface area contributed by atoms with Crippen molar-refractivity contribution in [3.63, 3.8) is 0 Å². The van der Waals surface area contributed by atoms with Gasteiger partial charge in [0, 0.05) is 10.7 Å². The summed E-state index contributed by atoms with van der Waals surface area (Å²) in [4.78, 5) is 9.49. The van der Waals surface area contributed by atoms with Crippen molar-refractivity contribution in [2.75, 3.05) is 5.32 Å². The van der Waals surface area contributed by atoms with E-state index in [4.69, 9.17) is 11.6 Å². The van der Waals surface area contributed by atoms with E-state index in [1.54, 1.807) is 11.3 Å². The molecular formula is C20H13ClN4S. The Bertz CT molecular complexity index is 1100. The summed E-state index contributed by atoms with van der Waals surface area (Å²) in [6.07, 6.45) is 1.54. The van der Waals surface area contributed by atoms with Crippen molar-refractivity contribution in [1.29, 1.82) is 5.26 Å². The summed E-state index contributed by atoms with van der Waals surface area (Å²) in [6.45, 7) is 0. The maximum absolute atomic E-state index is 9.62. The molecule has 4 nitrogen and oxygen atoms in total. The van der Waals surface area contributed by atoms with Gasteiger partial charge in [0.25, 0.3) is 0 Å². The zero-order valence-corrected chi connectivity index (χ0v) is 15.1. The number of aromatic nitrogens is 2. The van der Waals surface area contributed by atoms with Gasteiger partial charge in [-0.05, 0) is 34.7 Å². The highest BCUT2D eigenvalue weighted by Crippen LogP contribution is 2.33.